The molecule has 0 saturated heterocycles. The number of unbranched alkanes of at least 4 members (excludes halogenated alkanes) is 17. The van der Waals surface area contributed by atoms with Crippen LogP contribution in [0, 0.1) is 0 Å². The third kappa shape index (κ3) is 28.8. The van der Waals surface area contributed by atoms with Gasteiger partial charge in [0, 0.05) is 6.42 Å². The van der Waals surface area contributed by atoms with Crippen molar-refractivity contribution in [2.45, 2.75) is 135 Å². The van der Waals surface area contributed by atoms with E-state index in [-0.39, 0.29) is 40.6 Å². The SMILES string of the molecule is CCCCCCCC/C=C\CCCCCCCCCCCCCC(=O)O.[Ca+2].[H-].[H-]. The average molecular weight is 409 g/mol. The van der Waals surface area contributed by atoms with E-state index in [1.54, 1.807) is 0 Å². The third-order valence-corrected chi connectivity index (χ3v) is 5.15. The number of rotatable bonds is 21. The predicted octanol–water partition coefficient (Wildman–Crippen LogP) is 8.29. The van der Waals surface area contributed by atoms with Crippen LogP contribution in [0.2, 0.25) is 0 Å². The molecule has 0 aromatic carbocycles. The standard InChI is InChI=1S/C24H46O2.Ca.2H/c1-2-3-4-5-6-7-8-9-10-11-12-13-14-15-16-17-18-19-20-21-22-23-24(25)26;;;/h9-10H,2-8,11-23H2,1H3,(H,25,26);;;/q;+2;2*-1/b10-9-;;;. The molecule has 2 nitrogen and oxygen atoms in total. The van der Waals surface area contributed by atoms with Gasteiger partial charge in [0.2, 0.25) is 0 Å². The number of carboxylic acids is 1. The number of aliphatic carboxylic acids is 1. The van der Waals surface area contributed by atoms with E-state index in [4.69, 9.17) is 5.11 Å². The Balaban J connectivity index is -0.00000104. The van der Waals surface area contributed by atoms with Crippen LogP contribution in [0.15, 0.2) is 12.2 Å². The maximum atomic E-state index is 10.4. The summed E-state index contributed by atoms with van der Waals surface area (Å²) in [4.78, 5) is 10.4. The van der Waals surface area contributed by atoms with Gasteiger partial charge in [0.05, 0.1) is 0 Å². The predicted molar refractivity (Wildman–Crippen MR) is 123 cm³/mol. The molecule has 0 saturated carbocycles. The summed E-state index contributed by atoms with van der Waals surface area (Å²) in [6.07, 6.45) is 30.1. The summed E-state index contributed by atoms with van der Waals surface area (Å²) in [5.74, 6) is -0.654. The Labute approximate surface area is 202 Å². The molecule has 0 aliphatic rings. The first kappa shape index (κ1) is 29.7. The molecule has 0 aromatic rings. The fourth-order valence-corrected chi connectivity index (χ4v) is 3.41. The molecule has 0 radical (unpaired) electrons. The third-order valence-electron chi connectivity index (χ3n) is 5.15. The van der Waals surface area contributed by atoms with Crippen molar-refractivity contribution in [1.82, 2.24) is 0 Å². The molecule has 3 heteroatoms. The van der Waals surface area contributed by atoms with Crippen molar-refractivity contribution in [3.8, 4) is 0 Å². The molecule has 0 rings (SSSR count). The summed E-state index contributed by atoms with van der Waals surface area (Å²) in [6, 6.07) is 0. The van der Waals surface area contributed by atoms with Crippen molar-refractivity contribution in [1.29, 1.82) is 0 Å². The Kier molecular flexibility index (Phi) is 29.1. The van der Waals surface area contributed by atoms with E-state index in [9.17, 15) is 4.79 Å². The van der Waals surface area contributed by atoms with Gasteiger partial charge in [-0.25, -0.2) is 0 Å². The zero-order valence-corrected chi connectivity index (χ0v) is 20.6. The normalized spacial score (nSPS) is 11.0. The average Bonchev–Trinajstić information content (AvgIpc) is 2.62. The summed E-state index contributed by atoms with van der Waals surface area (Å²) >= 11 is 0. The number of hydrogen-bond donors (Lipinski definition) is 1. The smallest absolute Gasteiger partial charge is 1.00 e. The number of hydrogen-bond acceptors (Lipinski definition) is 1. The summed E-state index contributed by atoms with van der Waals surface area (Å²) < 4.78 is 0. The van der Waals surface area contributed by atoms with Crippen LogP contribution in [-0.4, -0.2) is 48.8 Å². The quantitative estimate of drug-likeness (QED) is 0.118. The van der Waals surface area contributed by atoms with Crippen molar-refractivity contribution in [2.24, 2.45) is 0 Å². The first-order valence-corrected chi connectivity index (χ1v) is 11.6. The van der Waals surface area contributed by atoms with Gasteiger partial charge in [0.1, 0.15) is 0 Å². The Bertz CT molecular complexity index is 326. The van der Waals surface area contributed by atoms with Crippen LogP contribution >= 0.6 is 0 Å². The Morgan fingerprint density at radius 3 is 1.33 bits per heavy atom. The molecule has 0 spiro atoms. The topological polar surface area (TPSA) is 37.3 Å². The van der Waals surface area contributed by atoms with E-state index in [1.807, 2.05) is 0 Å². The Morgan fingerprint density at radius 1 is 0.630 bits per heavy atom. The van der Waals surface area contributed by atoms with Gasteiger partial charge in [-0.05, 0) is 32.1 Å². The van der Waals surface area contributed by atoms with Crippen LogP contribution < -0.4 is 0 Å². The van der Waals surface area contributed by atoms with Gasteiger partial charge < -0.3 is 7.96 Å². The number of carboxylic acid groups (broad SMARTS) is 1. The summed E-state index contributed by atoms with van der Waals surface area (Å²) in [5.41, 5.74) is 0. The van der Waals surface area contributed by atoms with E-state index in [0.717, 1.165) is 12.8 Å². The minimum atomic E-state index is -0.654. The summed E-state index contributed by atoms with van der Waals surface area (Å²) in [7, 11) is 0. The first-order chi connectivity index (χ1) is 12.8. The molecule has 0 heterocycles. The van der Waals surface area contributed by atoms with Crippen LogP contribution in [-0.2, 0) is 4.79 Å². The van der Waals surface area contributed by atoms with E-state index < -0.39 is 5.97 Å². The van der Waals surface area contributed by atoms with Crippen molar-refractivity contribution in [3.63, 3.8) is 0 Å². The zero-order chi connectivity index (χ0) is 19.1. The van der Waals surface area contributed by atoms with Gasteiger partial charge in [-0.3, -0.25) is 4.79 Å². The molecule has 0 aliphatic carbocycles. The second kappa shape index (κ2) is 26.5. The van der Waals surface area contributed by atoms with Gasteiger partial charge >= 0.3 is 43.7 Å². The van der Waals surface area contributed by atoms with E-state index in [2.05, 4.69) is 19.1 Å². The molecule has 0 atom stereocenters. The second-order valence-electron chi connectivity index (χ2n) is 7.85. The molecule has 1 N–H and O–H groups in total. The van der Waals surface area contributed by atoms with E-state index in [0.29, 0.717) is 6.42 Å². The monoisotopic (exact) mass is 408 g/mol. The van der Waals surface area contributed by atoms with E-state index >= 15 is 0 Å². The fourth-order valence-electron chi connectivity index (χ4n) is 3.41. The molecule has 27 heavy (non-hydrogen) atoms. The van der Waals surface area contributed by atoms with Crippen LogP contribution in [0.1, 0.15) is 138 Å². The molecular weight excluding hydrogens is 360 g/mol. The van der Waals surface area contributed by atoms with Crippen LogP contribution in [0.25, 0.3) is 0 Å². The first-order valence-electron chi connectivity index (χ1n) is 11.6. The Morgan fingerprint density at radius 2 is 0.963 bits per heavy atom. The van der Waals surface area contributed by atoms with Crippen molar-refractivity contribution in [3.05, 3.63) is 12.2 Å². The van der Waals surface area contributed by atoms with Crippen molar-refractivity contribution in [2.75, 3.05) is 0 Å². The largest absolute Gasteiger partial charge is 2.00 e. The molecule has 158 valence electrons. The fraction of sp³-hybridized carbons (Fsp3) is 0.875. The van der Waals surface area contributed by atoms with Crippen LogP contribution in [0.4, 0.5) is 0 Å². The summed E-state index contributed by atoms with van der Waals surface area (Å²) in [5, 5.41) is 8.57. The maximum absolute atomic E-state index is 10.4. The minimum absolute atomic E-state index is 0. The maximum Gasteiger partial charge on any atom is 2.00 e. The molecule has 0 bridgehead atoms. The van der Waals surface area contributed by atoms with Gasteiger partial charge in [-0.15, -0.1) is 0 Å². The minimum Gasteiger partial charge on any atom is -1.00 e. The Hall–Kier alpha value is 0.470. The van der Waals surface area contributed by atoms with Gasteiger partial charge in [-0.2, -0.15) is 0 Å². The van der Waals surface area contributed by atoms with Gasteiger partial charge in [0.15, 0.2) is 0 Å². The van der Waals surface area contributed by atoms with Gasteiger partial charge in [0.25, 0.3) is 0 Å². The zero-order valence-electron chi connectivity index (χ0n) is 20.4. The molecule has 0 unspecified atom stereocenters. The molecular formula is C24H48CaO2. The van der Waals surface area contributed by atoms with Gasteiger partial charge in [-0.1, -0.05) is 109 Å². The van der Waals surface area contributed by atoms with E-state index in [1.165, 1.54) is 109 Å². The van der Waals surface area contributed by atoms with Crippen LogP contribution in [0.3, 0.4) is 0 Å². The number of carbonyl (C=O) groups is 1. The van der Waals surface area contributed by atoms with Crippen molar-refractivity contribution < 1.29 is 12.8 Å². The molecule has 0 aromatic heterocycles. The molecule has 0 amide bonds. The second-order valence-corrected chi connectivity index (χ2v) is 7.85. The van der Waals surface area contributed by atoms with Crippen molar-refractivity contribution >= 4 is 43.7 Å². The molecule has 0 fully saturated rings. The molecule has 0 aliphatic heterocycles. The number of allylic oxidation sites excluding steroid dienone is 2. The van der Waals surface area contributed by atoms with Crippen LogP contribution in [0.5, 0.6) is 0 Å². The summed E-state index contributed by atoms with van der Waals surface area (Å²) in [6.45, 7) is 2.28.